The maximum Gasteiger partial charge on any atom is 1.00 e. The first-order chi connectivity index (χ1) is 16.6. The number of aliphatic hydroxyl groups is 2. The summed E-state index contributed by atoms with van der Waals surface area (Å²) in [5.41, 5.74) is 3.53. The van der Waals surface area contributed by atoms with Gasteiger partial charge in [0.25, 0.3) is 0 Å². The van der Waals surface area contributed by atoms with E-state index in [2.05, 4.69) is 4.98 Å². The van der Waals surface area contributed by atoms with Crippen LogP contribution in [0.3, 0.4) is 0 Å². The number of hydrogen-bond acceptors (Lipinski definition) is 7. The van der Waals surface area contributed by atoms with E-state index in [4.69, 9.17) is 19.1 Å². The largest absolute Gasteiger partial charge is 1.00 e. The van der Waals surface area contributed by atoms with Crippen molar-refractivity contribution in [3.63, 3.8) is 0 Å². The summed E-state index contributed by atoms with van der Waals surface area (Å²) in [6.45, 7) is 0.408. The first-order valence-corrected chi connectivity index (χ1v) is 10.6. The maximum atomic E-state index is 11.5. The molecule has 0 bridgehead atoms. The van der Waals surface area contributed by atoms with Gasteiger partial charge in [0.05, 0.1) is 13.2 Å². The van der Waals surface area contributed by atoms with E-state index in [-0.39, 0.29) is 55.9 Å². The van der Waals surface area contributed by atoms with Gasteiger partial charge in [-0.05, 0) is 58.1 Å². The van der Waals surface area contributed by atoms with Crippen molar-refractivity contribution in [2.75, 3.05) is 13.2 Å². The molecule has 0 aliphatic carbocycles. The zero-order valence-electron chi connectivity index (χ0n) is 19.2. The van der Waals surface area contributed by atoms with Crippen LogP contribution in [0, 0.1) is 0 Å². The van der Waals surface area contributed by atoms with Gasteiger partial charge < -0.3 is 29.2 Å². The van der Waals surface area contributed by atoms with Gasteiger partial charge in [-0.3, -0.25) is 9.53 Å². The molecule has 1 aromatic heterocycles. The van der Waals surface area contributed by atoms with Gasteiger partial charge in [0, 0.05) is 6.54 Å². The van der Waals surface area contributed by atoms with Crippen LogP contribution >= 0.6 is 0 Å². The molecule has 0 spiro atoms. The average molecular weight is 486 g/mol. The monoisotopic (exact) mass is 486 g/mol. The van der Waals surface area contributed by atoms with Crippen molar-refractivity contribution in [3.8, 4) is 22.6 Å². The van der Waals surface area contributed by atoms with Crippen LogP contribution in [-0.4, -0.2) is 28.2 Å². The van der Waals surface area contributed by atoms with Crippen LogP contribution in [0.25, 0.3) is 11.1 Å². The van der Waals surface area contributed by atoms with Crippen LogP contribution in [0.4, 0.5) is 0 Å². The Bertz CT molecular complexity index is 1360. The third kappa shape index (κ3) is 6.97. The number of hydrogen-bond donors (Lipinski definition) is 2. The second-order valence-electron chi connectivity index (χ2n) is 7.47. The smallest absolute Gasteiger partial charge is 0.491 e. The Kier molecular flexibility index (Phi) is 9.53. The standard InChI is InChI=1S/C25H24N2O7.Na/c28-10-11-32-22-8-9-23(20(13-22)15-29)19-3-1-2-18(12-19)16-33-21-6-4-17(5-7-21)14-27-24(30)26-25(31)34-27;/h1-9,12-13,28-29H,10-11,14-16H2,(H,26,30,31);/q;+1/p-1. The molecule has 2 N–H and O–H groups in total. The quantitative estimate of drug-likeness (QED) is 0.271. The Labute approximate surface area is 222 Å². The van der Waals surface area contributed by atoms with Crippen molar-refractivity contribution in [1.29, 1.82) is 0 Å². The van der Waals surface area contributed by atoms with E-state index in [0.29, 0.717) is 18.1 Å². The topological polar surface area (TPSA) is 125 Å². The maximum absolute atomic E-state index is 11.5. The van der Waals surface area contributed by atoms with Crippen molar-refractivity contribution < 1.29 is 53.8 Å². The summed E-state index contributed by atoms with van der Waals surface area (Å²) in [4.78, 5) is 25.7. The summed E-state index contributed by atoms with van der Waals surface area (Å²) in [5.74, 6) is 0.320. The van der Waals surface area contributed by atoms with E-state index in [9.17, 15) is 14.7 Å². The van der Waals surface area contributed by atoms with Crippen molar-refractivity contribution in [2.45, 2.75) is 19.8 Å². The summed E-state index contributed by atoms with van der Waals surface area (Å²) in [6.07, 6.45) is 0. The molecule has 0 atom stereocenters. The Morgan fingerprint density at radius 3 is 2.34 bits per heavy atom. The number of nitrogens with zero attached hydrogens (tertiary/aromatic N) is 2. The first kappa shape index (κ1) is 26.5. The molecule has 0 amide bonds. The zero-order chi connectivity index (χ0) is 23.9. The molecule has 4 rings (SSSR count). The molecule has 0 aliphatic heterocycles. The second-order valence-corrected chi connectivity index (χ2v) is 7.47. The molecule has 1 heterocycles. The number of benzene rings is 3. The summed E-state index contributed by atoms with van der Waals surface area (Å²) in [7, 11) is 0. The fourth-order valence-electron chi connectivity index (χ4n) is 3.48. The van der Waals surface area contributed by atoms with Crippen molar-refractivity contribution in [1.82, 2.24) is 9.72 Å². The fourth-order valence-corrected chi connectivity index (χ4v) is 3.48. The molecule has 10 heteroatoms. The third-order valence-corrected chi connectivity index (χ3v) is 5.09. The van der Waals surface area contributed by atoms with Crippen LogP contribution in [0.1, 0.15) is 16.7 Å². The molecule has 9 nitrogen and oxygen atoms in total. The fraction of sp³-hybridized carbons (Fsp3) is 0.200. The van der Waals surface area contributed by atoms with E-state index in [0.717, 1.165) is 32.6 Å². The first-order valence-electron chi connectivity index (χ1n) is 10.6. The van der Waals surface area contributed by atoms with Crippen molar-refractivity contribution in [2.24, 2.45) is 0 Å². The molecular weight excluding hydrogens is 463 g/mol. The molecule has 4 aromatic rings. The van der Waals surface area contributed by atoms with Gasteiger partial charge in [-0.15, -0.1) is 0 Å². The van der Waals surface area contributed by atoms with Crippen LogP contribution in [0.2, 0.25) is 0 Å². The van der Waals surface area contributed by atoms with Crippen LogP contribution < -0.4 is 55.5 Å². The number of aromatic nitrogens is 2. The van der Waals surface area contributed by atoms with E-state index in [1.165, 1.54) is 0 Å². The molecule has 0 aliphatic rings. The number of rotatable bonds is 10. The SMILES string of the molecule is O=c1[n-]c(=O)n(Cc2ccc(OCc3cccc(-c4ccc(OCCO)cc4CO)c3)cc2)o1.[Na+]. The molecule has 0 saturated carbocycles. The average Bonchev–Trinajstić information content (AvgIpc) is 3.18. The minimum absolute atomic E-state index is 0. The van der Waals surface area contributed by atoms with Gasteiger partial charge in [0.1, 0.15) is 24.7 Å². The second kappa shape index (κ2) is 12.6. The molecule has 35 heavy (non-hydrogen) atoms. The third-order valence-electron chi connectivity index (χ3n) is 5.09. The van der Waals surface area contributed by atoms with Gasteiger partial charge in [-0.2, -0.15) is 0 Å². The van der Waals surface area contributed by atoms with Crippen LogP contribution in [0.15, 0.2) is 80.8 Å². The summed E-state index contributed by atoms with van der Waals surface area (Å²) in [6, 6.07) is 20.4. The van der Waals surface area contributed by atoms with Crippen LogP contribution in [-0.2, 0) is 19.8 Å². The van der Waals surface area contributed by atoms with Crippen molar-refractivity contribution >= 4 is 0 Å². The molecule has 0 unspecified atom stereocenters. The predicted octanol–water partition coefficient (Wildman–Crippen LogP) is -1.08. The van der Waals surface area contributed by atoms with E-state index in [1.54, 1.807) is 36.4 Å². The Morgan fingerprint density at radius 2 is 1.66 bits per heavy atom. The normalized spacial score (nSPS) is 10.6. The summed E-state index contributed by atoms with van der Waals surface area (Å²) < 4.78 is 16.9. The van der Waals surface area contributed by atoms with E-state index in [1.807, 2.05) is 30.3 Å². The van der Waals surface area contributed by atoms with Gasteiger partial charge >= 0.3 is 35.3 Å². The van der Waals surface area contributed by atoms with Gasteiger partial charge in [0.2, 0.25) is 0 Å². The van der Waals surface area contributed by atoms with Gasteiger partial charge in [0.15, 0.2) is 5.69 Å². The summed E-state index contributed by atoms with van der Waals surface area (Å²) in [5, 5.41) is 18.7. The number of ether oxygens (including phenoxy) is 2. The van der Waals surface area contributed by atoms with Gasteiger partial charge in [-0.25, -0.2) is 4.79 Å². The van der Waals surface area contributed by atoms with Gasteiger partial charge in [-0.1, -0.05) is 36.4 Å². The predicted molar refractivity (Wildman–Crippen MR) is 123 cm³/mol. The molecular formula is C25H23N2NaO7. The Balaban J connectivity index is 0.00000342. The molecule has 0 fully saturated rings. The zero-order valence-corrected chi connectivity index (χ0v) is 21.2. The summed E-state index contributed by atoms with van der Waals surface area (Å²) >= 11 is 0. The minimum Gasteiger partial charge on any atom is -0.491 e. The Hall–Kier alpha value is -3.08. The minimum atomic E-state index is -0.913. The Morgan fingerprint density at radius 1 is 0.886 bits per heavy atom. The molecule has 0 saturated heterocycles. The van der Waals surface area contributed by atoms with Crippen molar-refractivity contribution in [3.05, 3.63) is 104 Å². The molecule has 0 radical (unpaired) electrons. The number of aliphatic hydroxyl groups excluding tert-OH is 2. The molecule has 3 aromatic carbocycles. The van der Waals surface area contributed by atoms with Crippen LogP contribution in [0.5, 0.6) is 11.5 Å². The van der Waals surface area contributed by atoms with E-state index < -0.39 is 11.4 Å². The molecule has 176 valence electrons. The van der Waals surface area contributed by atoms with E-state index >= 15 is 0 Å².